The van der Waals surface area contributed by atoms with Crippen molar-refractivity contribution in [2.45, 2.75) is 65.0 Å². The number of halogens is 1. The summed E-state index contributed by atoms with van der Waals surface area (Å²) in [6.07, 6.45) is 5.24. The number of nitrogens with zero attached hydrogens (tertiary/aromatic N) is 2. The summed E-state index contributed by atoms with van der Waals surface area (Å²) in [5, 5.41) is 0. The summed E-state index contributed by atoms with van der Waals surface area (Å²) in [6, 6.07) is 7.11. The average molecular weight is 445 g/mol. The molecule has 0 aliphatic carbocycles. The highest BCUT2D eigenvalue weighted by molar-refractivity contribution is 7.88. The maximum absolute atomic E-state index is 11.7. The Kier molecular flexibility index (Phi) is 8.05. The molecule has 0 saturated carbocycles. The number of hydrogen-bond acceptors (Lipinski definition) is 4. The topological polar surface area (TPSA) is 49.9 Å². The molecule has 0 radical (unpaired) electrons. The van der Waals surface area contributed by atoms with E-state index in [1.807, 2.05) is 0 Å². The molecule has 5 nitrogen and oxygen atoms in total. The smallest absolute Gasteiger partial charge is 0.211 e. The van der Waals surface area contributed by atoms with Gasteiger partial charge < -0.3 is 9.64 Å². The fraction of sp³-hybridized carbons (Fsp3) is 0.727. The van der Waals surface area contributed by atoms with Crippen LogP contribution >= 0.6 is 12.4 Å². The van der Waals surface area contributed by atoms with E-state index in [1.54, 1.807) is 4.31 Å². The lowest BCUT2D eigenvalue weighted by molar-refractivity contribution is 0.138. The molecular weight excluding hydrogens is 408 g/mol. The van der Waals surface area contributed by atoms with Crippen molar-refractivity contribution in [3.8, 4) is 5.75 Å². The van der Waals surface area contributed by atoms with Gasteiger partial charge in [0.2, 0.25) is 10.0 Å². The molecule has 0 spiro atoms. The van der Waals surface area contributed by atoms with E-state index >= 15 is 0 Å². The van der Waals surface area contributed by atoms with E-state index in [2.05, 4.69) is 50.8 Å². The zero-order valence-corrected chi connectivity index (χ0v) is 20.1. The highest BCUT2D eigenvalue weighted by atomic mass is 35.5. The third-order valence-corrected chi connectivity index (χ3v) is 7.53. The quantitative estimate of drug-likeness (QED) is 0.642. The summed E-state index contributed by atoms with van der Waals surface area (Å²) in [4.78, 5) is 2.55. The van der Waals surface area contributed by atoms with E-state index in [-0.39, 0.29) is 18.0 Å². The third-order valence-electron chi connectivity index (χ3n) is 6.22. The zero-order chi connectivity index (χ0) is 20.5. The van der Waals surface area contributed by atoms with Gasteiger partial charge in [-0.1, -0.05) is 19.1 Å². The summed E-state index contributed by atoms with van der Waals surface area (Å²) in [5.41, 5.74) is 2.60. The van der Waals surface area contributed by atoms with Crippen LogP contribution in [0.25, 0.3) is 0 Å². The number of rotatable bonds is 7. The van der Waals surface area contributed by atoms with Crippen molar-refractivity contribution >= 4 is 22.4 Å². The van der Waals surface area contributed by atoms with Gasteiger partial charge in [0.1, 0.15) is 11.4 Å². The first-order valence-corrected chi connectivity index (χ1v) is 12.4. The van der Waals surface area contributed by atoms with Gasteiger partial charge in [0.15, 0.2) is 0 Å². The minimum Gasteiger partial charge on any atom is -0.487 e. The fourth-order valence-corrected chi connectivity index (χ4v) is 5.51. The summed E-state index contributed by atoms with van der Waals surface area (Å²) in [6.45, 7) is 12.2. The van der Waals surface area contributed by atoms with Crippen molar-refractivity contribution in [2.24, 2.45) is 5.92 Å². The standard InChI is InChI=1S/C22H36N2O3S.ClH/c1-6-23(16-18-9-11-24(12-10-18)28(5,25)26)17(2)13-19-7-8-21-20(14-19)15-22(3,4)27-21;/h7-8,14,17-18H,6,9-13,15-16H2,1-5H3;1H. The van der Waals surface area contributed by atoms with Crippen molar-refractivity contribution in [3.63, 3.8) is 0 Å². The Labute approximate surface area is 183 Å². The monoisotopic (exact) mass is 444 g/mol. The summed E-state index contributed by atoms with van der Waals surface area (Å²) in [5.74, 6) is 1.61. The van der Waals surface area contributed by atoms with Gasteiger partial charge in [-0.05, 0) is 69.7 Å². The molecule has 1 saturated heterocycles. The molecule has 1 unspecified atom stereocenters. The Morgan fingerprint density at radius 2 is 1.93 bits per heavy atom. The van der Waals surface area contributed by atoms with Crippen molar-refractivity contribution in [2.75, 3.05) is 32.4 Å². The fourth-order valence-electron chi connectivity index (χ4n) is 4.64. The van der Waals surface area contributed by atoms with Crippen LogP contribution in [0.1, 0.15) is 51.7 Å². The second-order valence-corrected chi connectivity index (χ2v) is 11.2. The van der Waals surface area contributed by atoms with E-state index in [0.29, 0.717) is 25.0 Å². The molecule has 0 amide bonds. The van der Waals surface area contributed by atoms with E-state index < -0.39 is 10.0 Å². The maximum atomic E-state index is 11.7. The molecule has 0 bridgehead atoms. The Bertz CT molecular complexity index is 789. The number of benzene rings is 1. The first-order chi connectivity index (χ1) is 13.1. The zero-order valence-electron chi connectivity index (χ0n) is 18.5. The minimum atomic E-state index is -3.04. The maximum Gasteiger partial charge on any atom is 0.211 e. The second kappa shape index (κ2) is 9.54. The van der Waals surface area contributed by atoms with Crippen LogP contribution in [0.4, 0.5) is 0 Å². The van der Waals surface area contributed by atoms with Crippen LogP contribution in [0.2, 0.25) is 0 Å². The van der Waals surface area contributed by atoms with Crippen LogP contribution in [-0.4, -0.2) is 61.7 Å². The first-order valence-electron chi connectivity index (χ1n) is 10.6. The molecule has 166 valence electrons. The van der Waals surface area contributed by atoms with Crippen molar-refractivity contribution in [1.29, 1.82) is 0 Å². The summed E-state index contributed by atoms with van der Waals surface area (Å²) < 4.78 is 31.0. The molecule has 1 fully saturated rings. The van der Waals surface area contributed by atoms with Crippen LogP contribution < -0.4 is 4.74 Å². The predicted octanol–water partition coefficient (Wildman–Crippen LogP) is 3.75. The number of hydrogen-bond donors (Lipinski definition) is 0. The van der Waals surface area contributed by atoms with Gasteiger partial charge in [-0.2, -0.15) is 0 Å². The molecule has 1 atom stereocenters. The van der Waals surface area contributed by atoms with Crippen LogP contribution in [0.3, 0.4) is 0 Å². The van der Waals surface area contributed by atoms with Gasteiger partial charge in [0.25, 0.3) is 0 Å². The molecule has 0 N–H and O–H groups in total. The van der Waals surface area contributed by atoms with E-state index in [0.717, 1.165) is 44.5 Å². The van der Waals surface area contributed by atoms with Gasteiger partial charge in [-0.3, -0.25) is 0 Å². The first kappa shape index (κ1) is 24.4. The van der Waals surface area contributed by atoms with Crippen LogP contribution in [0.5, 0.6) is 5.75 Å². The minimum absolute atomic E-state index is 0. The SMILES string of the molecule is CCN(CC1CCN(S(C)(=O)=O)CC1)C(C)Cc1ccc2c(c1)CC(C)(C)O2.Cl. The van der Waals surface area contributed by atoms with Crippen LogP contribution in [-0.2, 0) is 22.9 Å². The van der Waals surface area contributed by atoms with E-state index in [4.69, 9.17) is 4.74 Å². The Balaban J connectivity index is 0.00000300. The molecule has 2 aliphatic rings. The van der Waals surface area contributed by atoms with Crippen molar-refractivity contribution < 1.29 is 13.2 Å². The van der Waals surface area contributed by atoms with E-state index in [9.17, 15) is 8.42 Å². The lowest BCUT2D eigenvalue weighted by atomic mass is 9.95. The van der Waals surface area contributed by atoms with Crippen LogP contribution in [0.15, 0.2) is 18.2 Å². The normalized spacial score (nSPS) is 20.8. The highest BCUT2D eigenvalue weighted by Gasteiger charge is 2.30. The molecule has 1 aromatic rings. The van der Waals surface area contributed by atoms with Crippen molar-refractivity contribution in [1.82, 2.24) is 9.21 Å². The number of piperidine rings is 1. The number of sulfonamides is 1. The molecule has 2 heterocycles. The second-order valence-electron chi connectivity index (χ2n) is 9.23. The van der Waals surface area contributed by atoms with Gasteiger partial charge in [-0.15, -0.1) is 12.4 Å². The molecule has 2 aliphatic heterocycles. The lowest BCUT2D eigenvalue weighted by Crippen LogP contribution is -2.43. The number of ether oxygens (including phenoxy) is 1. The number of likely N-dealkylation sites (N-methyl/N-ethyl adjacent to an activating group) is 1. The Morgan fingerprint density at radius 3 is 2.52 bits per heavy atom. The van der Waals surface area contributed by atoms with Gasteiger partial charge >= 0.3 is 0 Å². The van der Waals surface area contributed by atoms with Gasteiger partial charge in [0, 0.05) is 32.1 Å². The number of fused-ring (bicyclic) bond motifs is 1. The molecular formula is C22H37ClN2O3S. The van der Waals surface area contributed by atoms with Crippen molar-refractivity contribution in [3.05, 3.63) is 29.3 Å². The Hall–Kier alpha value is -0.820. The molecule has 1 aromatic carbocycles. The molecule has 7 heteroatoms. The third kappa shape index (κ3) is 6.33. The molecule has 29 heavy (non-hydrogen) atoms. The van der Waals surface area contributed by atoms with Crippen LogP contribution in [0, 0.1) is 5.92 Å². The lowest BCUT2D eigenvalue weighted by Gasteiger charge is -2.36. The molecule has 3 rings (SSSR count). The highest BCUT2D eigenvalue weighted by Crippen LogP contribution is 2.35. The average Bonchev–Trinajstić information content (AvgIpc) is 2.92. The van der Waals surface area contributed by atoms with Gasteiger partial charge in [-0.25, -0.2) is 12.7 Å². The largest absolute Gasteiger partial charge is 0.487 e. The van der Waals surface area contributed by atoms with Gasteiger partial charge in [0.05, 0.1) is 6.26 Å². The Morgan fingerprint density at radius 1 is 1.28 bits per heavy atom. The molecule has 0 aromatic heterocycles. The summed E-state index contributed by atoms with van der Waals surface area (Å²) in [7, 11) is -3.04. The van der Waals surface area contributed by atoms with E-state index in [1.165, 1.54) is 17.4 Å². The predicted molar refractivity (Wildman–Crippen MR) is 122 cm³/mol. The summed E-state index contributed by atoms with van der Waals surface area (Å²) >= 11 is 0.